The van der Waals surface area contributed by atoms with Crippen molar-refractivity contribution in [2.75, 3.05) is 5.32 Å². The Morgan fingerprint density at radius 2 is 2.17 bits per heavy atom. The van der Waals surface area contributed by atoms with E-state index >= 15 is 0 Å². The summed E-state index contributed by atoms with van der Waals surface area (Å²) in [6.45, 7) is 1.63. The predicted molar refractivity (Wildman–Crippen MR) is 65.3 cm³/mol. The lowest BCUT2D eigenvalue weighted by Crippen LogP contribution is -2.42. The van der Waals surface area contributed by atoms with Crippen LogP contribution in [-0.2, 0) is 4.79 Å². The number of urea groups is 1. The summed E-state index contributed by atoms with van der Waals surface area (Å²) < 4.78 is 12.9. The van der Waals surface area contributed by atoms with Crippen molar-refractivity contribution in [1.29, 1.82) is 0 Å². The molecule has 98 valence electrons. The molecule has 1 aromatic rings. The monoisotopic (exact) mass is 274 g/mol. The molecule has 0 spiro atoms. The first kappa shape index (κ1) is 14.2. The standard InChI is InChI=1S/C11H12ClFN2O3/c1-2-9(10(16)17)15-11(18)14-6-3-4-8(13)7(12)5-6/h3-5,9H,2H2,1H3,(H,16,17)(H2,14,15,18)/t9-/m1/s1. The Balaban J connectivity index is 2.64. The van der Waals surface area contributed by atoms with Gasteiger partial charge in [-0.25, -0.2) is 14.0 Å². The number of carboxylic acids is 1. The molecular weight excluding hydrogens is 263 g/mol. The van der Waals surface area contributed by atoms with Crippen molar-refractivity contribution in [3.05, 3.63) is 29.0 Å². The lowest BCUT2D eigenvalue weighted by molar-refractivity contribution is -0.139. The summed E-state index contributed by atoms with van der Waals surface area (Å²) in [5.41, 5.74) is 0.277. The normalized spacial score (nSPS) is 11.7. The maximum absolute atomic E-state index is 12.9. The number of amides is 2. The first-order chi connectivity index (χ1) is 8.43. The number of benzene rings is 1. The third kappa shape index (κ3) is 3.89. The minimum Gasteiger partial charge on any atom is -0.480 e. The number of aliphatic carboxylic acids is 1. The molecule has 0 fully saturated rings. The van der Waals surface area contributed by atoms with E-state index in [0.29, 0.717) is 0 Å². The van der Waals surface area contributed by atoms with E-state index in [4.69, 9.17) is 16.7 Å². The summed E-state index contributed by atoms with van der Waals surface area (Å²) in [5.74, 6) is -1.72. The highest BCUT2D eigenvalue weighted by atomic mass is 35.5. The molecule has 1 aromatic carbocycles. The highest BCUT2D eigenvalue weighted by molar-refractivity contribution is 6.31. The molecule has 0 aliphatic carbocycles. The number of nitrogens with one attached hydrogen (secondary N) is 2. The van der Waals surface area contributed by atoms with Crippen LogP contribution in [0.25, 0.3) is 0 Å². The fraction of sp³-hybridized carbons (Fsp3) is 0.273. The van der Waals surface area contributed by atoms with Crippen LogP contribution >= 0.6 is 11.6 Å². The van der Waals surface area contributed by atoms with Crippen LogP contribution in [0.15, 0.2) is 18.2 Å². The molecule has 2 amide bonds. The molecular formula is C11H12ClFN2O3. The van der Waals surface area contributed by atoms with Gasteiger partial charge in [0.2, 0.25) is 0 Å². The van der Waals surface area contributed by atoms with Crippen molar-refractivity contribution in [1.82, 2.24) is 5.32 Å². The zero-order valence-corrected chi connectivity index (χ0v) is 10.3. The van der Waals surface area contributed by atoms with Gasteiger partial charge >= 0.3 is 12.0 Å². The zero-order chi connectivity index (χ0) is 13.7. The Hall–Kier alpha value is -1.82. The molecule has 18 heavy (non-hydrogen) atoms. The average Bonchev–Trinajstić information content (AvgIpc) is 2.30. The molecule has 5 nitrogen and oxygen atoms in total. The van der Waals surface area contributed by atoms with Gasteiger partial charge in [-0.05, 0) is 24.6 Å². The molecule has 7 heteroatoms. The van der Waals surface area contributed by atoms with Crippen LogP contribution in [0, 0.1) is 5.82 Å². The number of hydrogen-bond acceptors (Lipinski definition) is 2. The van der Waals surface area contributed by atoms with Crippen LogP contribution in [0.1, 0.15) is 13.3 Å². The molecule has 0 radical (unpaired) electrons. The van der Waals surface area contributed by atoms with Gasteiger partial charge in [0.15, 0.2) is 0 Å². The number of rotatable bonds is 4. The van der Waals surface area contributed by atoms with Gasteiger partial charge in [-0.15, -0.1) is 0 Å². The number of carboxylic acid groups (broad SMARTS) is 1. The molecule has 0 heterocycles. The third-order valence-corrected chi connectivity index (χ3v) is 2.48. The highest BCUT2D eigenvalue weighted by Crippen LogP contribution is 2.19. The Morgan fingerprint density at radius 1 is 1.50 bits per heavy atom. The molecule has 3 N–H and O–H groups in total. The fourth-order valence-corrected chi connectivity index (χ4v) is 1.42. The van der Waals surface area contributed by atoms with Crippen LogP contribution < -0.4 is 10.6 Å². The molecule has 1 atom stereocenters. The van der Waals surface area contributed by atoms with Crippen molar-refractivity contribution in [2.24, 2.45) is 0 Å². The van der Waals surface area contributed by atoms with Crippen LogP contribution in [-0.4, -0.2) is 23.1 Å². The van der Waals surface area contributed by atoms with Crippen LogP contribution in [0.4, 0.5) is 14.9 Å². The van der Waals surface area contributed by atoms with Gasteiger partial charge in [0.05, 0.1) is 5.02 Å². The molecule has 0 unspecified atom stereocenters. The number of halogens is 2. The largest absolute Gasteiger partial charge is 0.480 e. The topological polar surface area (TPSA) is 78.4 Å². The molecule has 0 aliphatic rings. The van der Waals surface area contributed by atoms with Crippen LogP contribution in [0.2, 0.25) is 5.02 Å². The van der Waals surface area contributed by atoms with Crippen LogP contribution in [0.3, 0.4) is 0 Å². The third-order valence-electron chi connectivity index (χ3n) is 2.19. The van der Waals surface area contributed by atoms with Gasteiger partial charge in [0.1, 0.15) is 11.9 Å². The van der Waals surface area contributed by atoms with Gasteiger partial charge in [0.25, 0.3) is 0 Å². The van der Waals surface area contributed by atoms with E-state index in [9.17, 15) is 14.0 Å². The highest BCUT2D eigenvalue weighted by Gasteiger charge is 2.17. The Morgan fingerprint density at radius 3 is 2.67 bits per heavy atom. The van der Waals surface area contributed by atoms with Gasteiger partial charge < -0.3 is 15.7 Å². The Labute approximate surface area is 108 Å². The van der Waals surface area contributed by atoms with E-state index in [1.807, 2.05) is 0 Å². The maximum Gasteiger partial charge on any atom is 0.326 e. The lowest BCUT2D eigenvalue weighted by Gasteiger charge is -2.13. The molecule has 0 aliphatic heterocycles. The molecule has 1 rings (SSSR count). The van der Waals surface area contributed by atoms with E-state index in [0.717, 1.165) is 6.07 Å². The van der Waals surface area contributed by atoms with Gasteiger partial charge in [-0.2, -0.15) is 0 Å². The SMILES string of the molecule is CC[C@@H](NC(=O)Nc1ccc(F)c(Cl)c1)C(=O)O. The number of hydrogen-bond donors (Lipinski definition) is 3. The molecule has 0 bridgehead atoms. The van der Waals surface area contributed by atoms with E-state index in [2.05, 4.69) is 10.6 Å². The van der Waals surface area contributed by atoms with E-state index in [1.165, 1.54) is 12.1 Å². The smallest absolute Gasteiger partial charge is 0.326 e. The quantitative estimate of drug-likeness (QED) is 0.789. The summed E-state index contributed by atoms with van der Waals surface area (Å²) in [7, 11) is 0. The van der Waals surface area contributed by atoms with E-state index in [-0.39, 0.29) is 17.1 Å². The second-order valence-electron chi connectivity index (χ2n) is 3.53. The van der Waals surface area contributed by atoms with Crippen molar-refractivity contribution in [3.63, 3.8) is 0 Å². The number of carbonyl (C=O) groups is 2. The summed E-state index contributed by atoms with van der Waals surface area (Å²) >= 11 is 5.54. The van der Waals surface area contributed by atoms with Crippen molar-refractivity contribution >= 4 is 29.3 Å². The van der Waals surface area contributed by atoms with Crippen LogP contribution in [0.5, 0.6) is 0 Å². The predicted octanol–water partition coefficient (Wildman–Crippen LogP) is 2.46. The summed E-state index contributed by atoms with van der Waals surface area (Å²) in [6, 6.07) is 2.00. The Kier molecular flexibility index (Phi) is 4.91. The first-order valence-electron chi connectivity index (χ1n) is 5.19. The summed E-state index contributed by atoms with van der Waals surface area (Å²) in [6.07, 6.45) is 0.257. The van der Waals surface area contributed by atoms with Gasteiger partial charge in [-0.3, -0.25) is 0 Å². The first-order valence-corrected chi connectivity index (χ1v) is 5.57. The van der Waals surface area contributed by atoms with Crippen molar-refractivity contribution in [3.8, 4) is 0 Å². The fourth-order valence-electron chi connectivity index (χ4n) is 1.24. The van der Waals surface area contributed by atoms with E-state index < -0.39 is 23.9 Å². The lowest BCUT2D eigenvalue weighted by atomic mass is 10.2. The second kappa shape index (κ2) is 6.20. The molecule has 0 saturated carbocycles. The van der Waals surface area contributed by atoms with Crippen molar-refractivity contribution in [2.45, 2.75) is 19.4 Å². The Bertz CT molecular complexity index is 468. The van der Waals surface area contributed by atoms with Gasteiger partial charge in [-0.1, -0.05) is 18.5 Å². The molecule has 0 saturated heterocycles. The van der Waals surface area contributed by atoms with E-state index in [1.54, 1.807) is 6.92 Å². The minimum atomic E-state index is -1.12. The summed E-state index contributed by atoms with van der Waals surface area (Å²) in [4.78, 5) is 22.2. The summed E-state index contributed by atoms with van der Waals surface area (Å²) in [5, 5.41) is 13.3. The zero-order valence-electron chi connectivity index (χ0n) is 9.54. The minimum absolute atomic E-state index is 0.127. The second-order valence-corrected chi connectivity index (χ2v) is 3.93. The van der Waals surface area contributed by atoms with Gasteiger partial charge in [0, 0.05) is 5.69 Å². The number of carbonyl (C=O) groups excluding carboxylic acids is 1. The van der Waals surface area contributed by atoms with Crippen molar-refractivity contribution < 1.29 is 19.1 Å². The number of anilines is 1. The average molecular weight is 275 g/mol. The molecule has 0 aromatic heterocycles. The maximum atomic E-state index is 12.9.